The van der Waals surface area contributed by atoms with Crippen LogP contribution in [0.5, 0.6) is 23.0 Å². The lowest BCUT2D eigenvalue weighted by molar-refractivity contribution is -0.154. The summed E-state index contributed by atoms with van der Waals surface area (Å²) in [6.45, 7) is 1.64. The van der Waals surface area contributed by atoms with E-state index in [9.17, 15) is 22.4 Å². The summed E-state index contributed by atoms with van der Waals surface area (Å²) in [4.78, 5) is 13.0. The van der Waals surface area contributed by atoms with Crippen LogP contribution in [0.25, 0.3) is 11.0 Å². The number of ether oxygens (including phenoxy) is 3. The second-order valence-corrected chi connectivity index (χ2v) is 7.62. The average molecular weight is 509 g/mol. The molecule has 4 aromatic rings. The highest BCUT2D eigenvalue weighted by Crippen LogP contribution is 2.40. The molecule has 1 aromatic heterocycles. The van der Waals surface area contributed by atoms with E-state index in [2.05, 4.69) is 0 Å². The average Bonchev–Trinajstić information content (AvgIpc) is 2.81. The van der Waals surface area contributed by atoms with Crippen molar-refractivity contribution in [1.82, 2.24) is 0 Å². The second kappa shape index (κ2) is 9.87. The Morgan fingerprint density at radius 2 is 1.71 bits per heavy atom. The lowest BCUT2D eigenvalue weighted by atomic mass is 10.2. The normalized spacial score (nSPS) is 11.5. The number of rotatable bonds is 7. The fourth-order valence-electron chi connectivity index (χ4n) is 3.27. The molecule has 0 spiro atoms. The van der Waals surface area contributed by atoms with Gasteiger partial charge in [-0.3, -0.25) is 4.79 Å². The molecular weight excluding hydrogens is 492 g/mol. The third-order valence-electron chi connectivity index (χ3n) is 4.89. The van der Waals surface area contributed by atoms with Crippen LogP contribution in [0.4, 0.5) is 17.6 Å². The topological polar surface area (TPSA) is 57.9 Å². The number of alkyl halides is 3. The van der Waals surface area contributed by atoms with E-state index in [-0.39, 0.29) is 52.0 Å². The maximum Gasteiger partial charge on any atom is 0.453 e. The molecule has 0 radical (unpaired) electrons. The predicted octanol–water partition coefficient (Wildman–Crippen LogP) is 7.37. The molecule has 0 aliphatic rings. The van der Waals surface area contributed by atoms with Crippen LogP contribution in [0.2, 0.25) is 5.02 Å². The molecule has 0 saturated heterocycles. The van der Waals surface area contributed by atoms with Gasteiger partial charge < -0.3 is 18.6 Å². The molecule has 10 heteroatoms. The highest BCUT2D eigenvalue weighted by molar-refractivity contribution is 6.31. The van der Waals surface area contributed by atoms with Gasteiger partial charge in [-0.15, -0.1) is 0 Å². The highest BCUT2D eigenvalue weighted by atomic mass is 35.5. The molecule has 0 aliphatic carbocycles. The summed E-state index contributed by atoms with van der Waals surface area (Å²) in [5, 5.41) is -0.0380. The Morgan fingerprint density at radius 3 is 2.40 bits per heavy atom. The summed E-state index contributed by atoms with van der Waals surface area (Å²) in [6.07, 6.45) is -5.04. The minimum absolute atomic E-state index is 0.0449. The Hall–Kier alpha value is -3.72. The molecule has 3 aromatic carbocycles. The van der Waals surface area contributed by atoms with Crippen molar-refractivity contribution in [3.8, 4) is 23.0 Å². The number of hydrogen-bond acceptors (Lipinski definition) is 5. The first-order valence-corrected chi connectivity index (χ1v) is 10.7. The van der Waals surface area contributed by atoms with Crippen LogP contribution in [0.1, 0.15) is 18.2 Å². The van der Waals surface area contributed by atoms with Gasteiger partial charge >= 0.3 is 6.18 Å². The summed E-state index contributed by atoms with van der Waals surface area (Å²) in [5.41, 5.74) is -1.35. The molecule has 0 saturated carbocycles. The number of benzene rings is 3. The zero-order chi connectivity index (χ0) is 25.2. The molecule has 0 unspecified atom stereocenters. The van der Waals surface area contributed by atoms with Crippen molar-refractivity contribution in [2.24, 2.45) is 0 Å². The Morgan fingerprint density at radius 1 is 0.971 bits per heavy atom. The van der Waals surface area contributed by atoms with Crippen LogP contribution in [0.15, 0.2) is 69.9 Å². The van der Waals surface area contributed by atoms with Crippen LogP contribution < -0.4 is 19.6 Å². The molecule has 35 heavy (non-hydrogen) atoms. The van der Waals surface area contributed by atoms with Crippen LogP contribution in [0.3, 0.4) is 0 Å². The summed E-state index contributed by atoms with van der Waals surface area (Å²) in [6, 6.07) is 13.8. The van der Waals surface area contributed by atoms with Gasteiger partial charge in [0.15, 0.2) is 11.5 Å². The third-order valence-corrected chi connectivity index (χ3v) is 5.24. The standard InChI is InChI=1S/C25H17ClF4O5/c1-2-32-19-8-3-4-9-20(19)34-23-22(31)15-11-10-14(12-21(15)35-24(23)25(28,29)30)33-13-16-17(26)6-5-7-18(16)27/h3-12H,2,13H2,1H3. The van der Waals surface area contributed by atoms with Gasteiger partial charge in [-0.2, -0.15) is 13.2 Å². The van der Waals surface area contributed by atoms with Crippen LogP contribution in [-0.4, -0.2) is 6.61 Å². The van der Waals surface area contributed by atoms with Crippen LogP contribution in [0, 0.1) is 5.82 Å². The number of fused-ring (bicyclic) bond motifs is 1. The van der Waals surface area contributed by atoms with Crippen molar-refractivity contribution in [3.05, 3.63) is 93.1 Å². The van der Waals surface area contributed by atoms with E-state index in [0.717, 1.165) is 6.07 Å². The first kappa shape index (κ1) is 24.4. The summed E-state index contributed by atoms with van der Waals surface area (Å²) < 4.78 is 76.8. The van der Waals surface area contributed by atoms with Crippen molar-refractivity contribution in [2.45, 2.75) is 19.7 Å². The molecule has 4 rings (SSSR count). The largest absolute Gasteiger partial charge is 0.490 e. The molecule has 5 nitrogen and oxygen atoms in total. The number of halogens is 5. The van der Waals surface area contributed by atoms with E-state index in [1.54, 1.807) is 13.0 Å². The van der Waals surface area contributed by atoms with Crippen molar-refractivity contribution < 1.29 is 36.2 Å². The Labute approximate surface area is 201 Å². The Kier molecular flexibility index (Phi) is 6.88. The van der Waals surface area contributed by atoms with Crippen molar-refractivity contribution in [1.29, 1.82) is 0 Å². The minimum atomic E-state index is -5.04. The molecule has 0 bridgehead atoms. The SMILES string of the molecule is CCOc1ccccc1Oc1c(C(F)(F)F)oc2cc(OCc3c(F)cccc3Cl)ccc2c1=O. The van der Waals surface area contributed by atoms with Crippen molar-refractivity contribution in [2.75, 3.05) is 6.61 Å². The Bertz CT molecular complexity index is 1410. The third kappa shape index (κ3) is 5.19. The van der Waals surface area contributed by atoms with Gasteiger partial charge in [0.2, 0.25) is 11.2 Å². The molecule has 182 valence electrons. The monoisotopic (exact) mass is 508 g/mol. The van der Waals surface area contributed by atoms with Crippen LogP contribution in [-0.2, 0) is 12.8 Å². The number of para-hydroxylation sites is 2. The molecule has 0 fully saturated rings. The van der Waals surface area contributed by atoms with E-state index in [1.807, 2.05) is 0 Å². The van der Waals surface area contributed by atoms with Crippen molar-refractivity contribution in [3.63, 3.8) is 0 Å². The van der Waals surface area contributed by atoms with Gasteiger partial charge in [0.1, 0.15) is 23.8 Å². The first-order valence-electron chi connectivity index (χ1n) is 10.3. The zero-order valence-corrected chi connectivity index (χ0v) is 18.9. The molecule has 0 amide bonds. The Balaban J connectivity index is 1.74. The van der Waals surface area contributed by atoms with Gasteiger partial charge in [-0.05, 0) is 43.3 Å². The second-order valence-electron chi connectivity index (χ2n) is 7.22. The van der Waals surface area contributed by atoms with Gasteiger partial charge in [0, 0.05) is 11.6 Å². The summed E-state index contributed by atoms with van der Waals surface area (Å²) >= 11 is 5.97. The lowest BCUT2D eigenvalue weighted by Gasteiger charge is -2.15. The summed E-state index contributed by atoms with van der Waals surface area (Å²) in [7, 11) is 0. The maximum absolute atomic E-state index is 14.0. The van der Waals surface area contributed by atoms with Gasteiger partial charge in [0.05, 0.1) is 17.0 Å². The van der Waals surface area contributed by atoms with Gasteiger partial charge in [0.25, 0.3) is 5.76 Å². The van der Waals surface area contributed by atoms with Crippen molar-refractivity contribution >= 4 is 22.6 Å². The predicted molar refractivity (Wildman–Crippen MR) is 121 cm³/mol. The first-order chi connectivity index (χ1) is 16.7. The molecular formula is C25H17ClF4O5. The smallest absolute Gasteiger partial charge is 0.453 e. The minimum Gasteiger partial charge on any atom is -0.490 e. The zero-order valence-electron chi connectivity index (χ0n) is 18.1. The summed E-state index contributed by atoms with van der Waals surface area (Å²) in [5.74, 6) is -3.10. The molecule has 1 heterocycles. The fraction of sp³-hybridized carbons (Fsp3) is 0.160. The molecule has 0 atom stereocenters. The van der Waals surface area contributed by atoms with E-state index in [4.69, 9.17) is 30.2 Å². The van der Waals surface area contributed by atoms with E-state index in [0.29, 0.717) is 0 Å². The van der Waals surface area contributed by atoms with E-state index in [1.165, 1.54) is 48.5 Å². The van der Waals surface area contributed by atoms with Gasteiger partial charge in [-0.1, -0.05) is 29.8 Å². The molecule has 0 N–H and O–H groups in total. The number of hydrogen-bond donors (Lipinski definition) is 0. The maximum atomic E-state index is 14.0. The quantitative estimate of drug-likeness (QED) is 0.244. The van der Waals surface area contributed by atoms with E-state index < -0.39 is 28.9 Å². The lowest BCUT2D eigenvalue weighted by Crippen LogP contribution is -2.15. The molecule has 0 aliphatic heterocycles. The van der Waals surface area contributed by atoms with E-state index >= 15 is 0 Å². The highest BCUT2D eigenvalue weighted by Gasteiger charge is 2.40. The fourth-order valence-corrected chi connectivity index (χ4v) is 3.49. The van der Waals surface area contributed by atoms with Gasteiger partial charge in [-0.25, -0.2) is 4.39 Å². The van der Waals surface area contributed by atoms with Crippen LogP contribution >= 0.6 is 11.6 Å².